The number of nitrogens with one attached hydrogen (secondary N) is 1. The second-order valence-electron chi connectivity index (χ2n) is 11.9. The quantitative estimate of drug-likeness (QED) is 0.148. The van der Waals surface area contributed by atoms with Gasteiger partial charge in [0.15, 0.2) is 17.8 Å². The van der Waals surface area contributed by atoms with Crippen LogP contribution in [-0.2, 0) is 20.7 Å². The number of rotatable bonds is 21. The minimum atomic E-state index is -0.347. The standard InChI is InChI=1S/C33H58N2O6/c1-7-31(38-6)41-30-25-28(14-15-29(30)40-22-12-21-36)13-10-8-9-11-16-33(26(2)3,27(4)5)32(37)34-17-18-35-19-23-39-24-20-35/h14-15,25-27,31,36H,7-13,16-24H2,1-6H3,(H,34,37)/t31-/m0/s1. The number of benzene rings is 1. The number of aryl methyl sites for hydroxylation is 1. The SMILES string of the molecule is CC[C@@H](OC)Oc1cc(CCCCCCC(C(=O)NCCN2CCOCC2)(C(C)C)C(C)C)ccc1OCCCO. The van der Waals surface area contributed by atoms with Crippen LogP contribution in [0.15, 0.2) is 18.2 Å². The average Bonchev–Trinajstić information content (AvgIpc) is 2.96. The Morgan fingerprint density at radius 3 is 2.39 bits per heavy atom. The smallest absolute Gasteiger partial charge is 0.226 e. The average molecular weight is 579 g/mol. The van der Waals surface area contributed by atoms with Crippen LogP contribution in [0.5, 0.6) is 11.5 Å². The van der Waals surface area contributed by atoms with E-state index in [1.165, 1.54) is 5.56 Å². The first-order valence-electron chi connectivity index (χ1n) is 15.9. The van der Waals surface area contributed by atoms with E-state index in [9.17, 15) is 4.79 Å². The summed E-state index contributed by atoms with van der Waals surface area (Å²) in [6.45, 7) is 16.4. The Bertz CT molecular complexity index is 844. The van der Waals surface area contributed by atoms with Crippen molar-refractivity contribution in [2.24, 2.45) is 17.3 Å². The van der Waals surface area contributed by atoms with Gasteiger partial charge in [-0.25, -0.2) is 0 Å². The zero-order valence-corrected chi connectivity index (χ0v) is 26.7. The third-order valence-electron chi connectivity index (χ3n) is 8.53. The fraction of sp³-hybridized carbons (Fsp3) is 0.788. The molecule has 1 aliphatic rings. The van der Waals surface area contributed by atoms with Crippen LogP contribution in [0.2, 0.25) is 0 Å². The number of hydrogen-bond donors (Lipinski definition) is 2. The number of methoxy groups -OCH3 is 1. The highest BCUT2D eigenvalue weighted by Gasteiger charge is 2.43. The van der Waals surface area contributed by atoms with Crippen LogP contribution in [0.25, 0.3) is 0 Å². The van der Waals surface area contributed by atoms with E-state index in [1.54, 1.807) is 7.11 Å². The molecule has 41 heavy (non-hydrogen) atoms. The Morgan fingerprint density at radius 1 is 1.05 bits per heavy atom. The summed E-state index contributed by atoms with van der Waals surface area (Å²) in [6.07, 6.45) is 7.20. The van der Waals surface area contributed by atoms with Gasteiger partial charge in [0.25, 0.3) is 0 Å². The van der Waals surface area contributed by atoms with E-state index < -0.39 is 0 Å². The monoisotopic (exact) mass is 578 g/mol. The maximum Gasteiger partial charge on any atom is 0.226 e. The topological polar surface area (TPSA) is 89.5 Å². The van der Waals surface area contributed by atoms with E-state index in [-0.39, 0.29) is 36.1 Å². The molecule has 0 aliphatic carbocycles. The highest BCUT2D eigenvalue weighted by atomic mass is 16.7. The summed E-state index contributed by atoms with van der Waals surface area (Å²) in [5.41, 5.74) is 0.860. The van der Waals surface area contributed by atoms with Crippen LogP contribution in [0.3, 0.4) is 0 Å². The van der Waals surface area contributed by atoms with Gasteiger partial charge < -0.3 is 29.4 Å². The van der Waals surface area contributed by atoms with Gasteiger partial charge in [-0.15, -0.1) is 0 Å². The normalized spacial score (nSPS) is 15.3. The largest absolute Gasteiger partial charge is 0.490 e. The number of nitrogens with zero attached hydrogens (tertiary/aromatic N) is 1. The molecule has 1 aliphatic heterocycles. The molecular weight excluding hydrogens is 520 g/mol. The summed E-state index contributed by atoms with van der Waals surface area (Å²) in [4.78, 5) is 15.9. The molecule has 0 radical (unpaired) electrons. The predicted molar refractivity (Wildman–Crippen MR) is 165 cm³/mol. The summed E-state index contributed by atoms with van der Waals surface area (Å²) < 4.78 is 22.8. The van der Waals surface area contributed by atoms with Crippen molar-refractivity contribution in [3.8, 4) is 11.5 Å². The van der Waals surface area contributed by atoms with Gasteiger partial charge in [-0.3, -0.25) is 9.69 Å². The molecule has 0 unspecified atom stereocenters. The van der Waals surface area contributed by atoms with Gasteiger partial charge >= 0.3 is 0 Å². The van der Waals surface area contributed by atoms with Crippen LogP contribution < -0.4 is 14.8 Å². The number of amides is 1. The lowest BCUT2D eigenvalue weighted by atomic mass is 9.65. The summed E-state index contributed by atoms with van der Waals surface area (Å²) in [5.74, 6) is 2.14. The van der Waals surface area contributed by atoms with Crippen LogP contribution >= 0.6 is 0 Å². The van der Waals surface area contributed by atoms with Crippen LogP contribution in [0.4, 0.5) is 0 Å². The van der Waals surface area contributed by atoms with Crippen molar-refractivity contribution in [2.75, 3.05) is 59.7 Å². The molecular formula is C33H58N2O6. The number of carbonyl (C=O) groups excluding carboxylic acids is 1. The lowest BCUT2D eigenvalue weighted by Crippen LogP contribution is -2.50. The molecule has 2 N–H and O–H groups in total. The zero-order valence-electron chi connectivity index (χ0n) is 26.7. The van der Waals surface area contributed by atoms with Crippen molar-refractivity contribution in [2.45, 2.75) is 92.3 Å². The van der Waals surface area contributed by atoms with E-state index in [4.69, 9.17) is 24.1 Å². The highest BCUT2D eigenvalue weighted by molar-refractivity contribution is 5.83. The molecule has 1 aromatic rings. The van der Waals surface area contributed by atoms with Crippen molar-refractivity contribution in [3.05, 3.63) is 23.8 Å². The lowest BCUT2D eigenvalue weighted by molar-refractivity contribution is -0.138. The summed E-state index contributed by atoms with van der Waals surface area (Å²) in [5, 5.41) is 12.4. The molecule has 1 atom stereocenters. The van der Waals surface area contributed by atoms with E-state index >= 15 is 0 Å². The second kappa shape index (κ2) is 19.3. The maximum atomic E-state index is 13.6. The molecule has 8 heteroatoms. The molecule has 0 saturated carbocycles. The number of hydrogen-bond acceptors (Lipinski definition) is 7. The predicted octanol–water partition coefficient (Wildman–Crippen LogP) is 5.45. The van der Waals surface area contributed by atoms with Gasteiger partial charge in [0.05, 0.1) is 25.2 Å². The molecule has 0 aromatic heterocycles. The number of carbonyl (C=O) groups is 1. The van der Waals surface area contributed by atoms with Crippen LogP contribution in [0.1, 0.15) is 85.1 Å². The van der Waals surface area contributed by atoms with Gasteiger partial charge in [-0.1, -0.05) is 59.9 Å². The Hall–Kier alpha value is -1.87. The van der Waals surface area contributed by atoms with Crippen molar-refractivity contribution >= 4 is 5.91 Å². The van der Waals surface area contributed by atoms with Gasteiger partial charge in [0.2, 0.25) is 5.91 Å². The molecule has 1 saturated heterocycles. The van der Waals surface area contributed by atoms with E-state index in [0.717, 1.165) is 77.8 Å². The summed E-state index contributed by atoms with van der Waals surface area (Å²) >= 11 is 0. The van der Waals surface area contributed by atoms with Crippen LogP contribution in [-0.4, -0.2) is 81.9 Å². The molecule has 1 heterocycles. The van der Waals surface area contributed by atoms with Crippen molar-refractivity contribution in [1.82, 2.24) is 10.2 Å². The summed E-state index contributed by atoms with van der Waals surface area (Å²) in [7, 11) is 1.65. The summed E-state index contributed by atoms with van der Waals surface area (Å²) in [6, 6.07) is 6.11. The van der Waals surface area contributed by atoms with E-state index in [1.807, 2.05) is 13.0 Å². The van der Waals surface area contributed by atoms with Gasteiger partial charge in [-0.2, -0.15) is 0 Å². The van der Waals surface area contributed by atoms with Crippen molar-refractivity contribution < 1.29 is 28.8 Å². The fourth-order valence-corrected chi connectivity index (χ4v) is 5.90. The van der Waals surface area contributed by atoms with Gasteiger partial charge in [0, 0.05) is 52.7 Å². The second-order valence-corrected chi connectivity index (χ2v) is 11.9. The van der Waals surface area contributed by atoms with Gasteiger partial charge in [-0.05, 0) is 48.8 Å². The van der Waals surface area contributed by atoms with E-state index in [0.29, 0.717) is 31.1 Å². The third-order valence-corrected chi connectivity index (χ3v) is 8.53. The number of unbranched alkanes of at least 4 members (excludes halogenated alkanes) is 3. The molecule has 0 spiro atoms. The van der Waals surface area contributed by atoms with Crippen molar-refractivity contribution in [1.29, 1.82) is 0 Å². The number of morpholine rings is 1. The molecule has 0 bridgehead atoms. The zero-order chi connectivity index (χ0) is 30.1. The Labute approximate surface area is 249 Å². The number of aliphatic hydroxyl groups excluding tert-OH is 1. The first kappa shape index (κ1) is 35.3. The highest BCUT2D eigenvalue weighted by Crippen LogP contribution is 2.41. The Kier molecular flexibility index (Phi) is 16.7. The van der Waals surface area contributed by atoms with Crippen LogP contribution in [0, 0.1) is 17.3 Å². The Morgan fingerprint density at radius 2 is 1.76 bits per heavy atom. The molecule has 8 nitrogen and oxygen atoms in total. The molecule has 2 rings (SSSR count). The third kappa shape index (κ3) is 11.4. The molecule has 1 amide bonds. The molecule has 1 fully saturated rings. The molecule has 1 aromatic carbocycles. The minimum Gasteiger partial charge on any atom is -0.490 e. The van der Waals surface area contributed by atoms with Crippen molar-refractivity contribution in [3.63, 3.8) is 0 Å². The molecule has 236 valence electrons. The lowest BCUT2D eigenvalue weighted by Gasteiger charge is -2.40. The van der Waals surface area contributed by atoms with Gasteiger partial charge in [0.1, 0.15) is 0 Å². The maximum absolute atomic E-state index is 13.6. The Balaban J connectivity index is 1.87. The number of aliphatic hydroxyl groups is 1. The first-order valence-corrected chi connectivity index (χ1v) is 15.9. The minimum absolute atomic E-state index is 0.0962. The first-order chi connectivity index (χ1) is 19.8. The number of ether oxygens (including phenoxy) is 4. The van der Waals surface area contributed by atoms with E-state index in [2.05, 4.69) is 50.0 Å². The fourth-order valence-electron chi connectivity index (χ4n) is 5.90.